The minimum Gasteiger partial charge on any atom is -0.489 e. The molecule has 3 aromatic carbocycles. The summed E-state index contributed by atoms with van der Waals surface area (Å²) in [6.07, 6.45) is 6.33. The van der Waals surface area contributed by atoms with E-state index in [1.54, 1.807) is 36.4 Å². The van der Waals surface area contributed by atoms with E-state index in [9.17, 15) is 18.3 Å². The van der Waals surface area contributed by atoms with Gasteiger partial charge in [-0.1, -0.05) is 19.3 Å². The van der Waals surface area contributed by atoms with Crippen LogP contribution in [0.2, 0.25) is 0 Å². The van der Waals surface area contributed by atoms with Gasteiger partial charge in [0.1, 0.15) is 24.0 Å². The molecule has 10 nitrogen and oxygen atoms in total. The highest BCUT2D eigenvalue weighted by molar-refractivity contribution is 7.92. The molecule has 45 heavy (non-hydrogen) atoms. The molecule has 4 aromatic rings. The number of morpholine rings is 1. The number of aromatic carboxylic acids is 1. The molecule has 2 heterocycles. The second-order valence-corrected chi connectivity index (χ2v) is 13.7. The van der Waals surface area contributed by atoms with Crippen LogP contribution in [0.25, 0.3) is 22.4 Å². The van der Waals surface area contributed by atoms with Crippen LogP contribution in [0, 0.1) is 5.82 Å². The Morgan fingerprint density at radius 2 is 1.82 bits per heavy atom. The van der Waals surface area contributed by atoms with Crippen molar-refractivity contribution in [3.8, 4) is 17.1 Å². The smallest absolute Gasteiger partial charge is 0.335 e. The Morgan fingerprint density at radius 1 is 1.07 bits per heavy atom. The van der Waals surface area contributed by atoms with E-state index < -0.39 is 21.8 Å². The Bertz CT molecular complexity index is 1830. The van der Waals surface area contributed by atoms with Gasteiger partial charge in [-0.15, -0.1) is 0 Å². The van der Waals surface area contributed by atoms with Crippen molar-refractivity contribution >= 4 is 38.4 Å². The van der Waals surface area contributed by atoms with Gasteiger partial charge in [-0.05, 0) is 61.4 Å². The molecule has 6 rings (SSSR count). The molecular weight excluding hydrogens is 599 g/mol. The Labute approximate surface area is 262 Å². The molecule has 238 valence electrons. The van der Waals surface area contributed by atoms with E-state index >= 15 is 4.39 Å². The maximum Gasteiger partial charge on any atom is 0.335 e. The zero-order valence-corrected chi connectivity index (χ0v) is 26.2. The van der Waals surface area contributed by atoms with E-state index in [0.717, 1.165) is 55.1 Å². The molecule has 1 aromatic heterocycles. The highest BCUT2D eigenvalue weighted by atomic mass is 32.2. The third kappa shape index (κ3) is 6.48. The van der Waals surface area contributed by atoms with Crippen LogP contribution in [0.1, 0.15) is 54.1 Å². The second kappa shape index (κ2) is 12.7. The first-order valence-corrected chi connectivity index (χ1v) is 17.0. The molecule has 1 saturated heterocycles. The number of carbonyl (C=O) groups is 1. The third-order valence-corrected chi connectivity index (χ3v) is 9.93. The molecule has 1 aliphatic heterocycles. The van der Waals surface area contributed by atoms with Crippen LogP contribution in [0.5, 0.6) is 5.75 Å². The number of hydrogen-bond donors (Lipinski definition) is 1. The summed E-state index contributed by atoms with van der Waals surface area (Å²) in [7, 11) is -1.97. The predicted molar refractivity (Wildman–Crippen MR) is 171 cm³/mol. The molecule has 0 unspecified atom stereocenters. The quantitative estimate of drug-likeness (QED) is 0.243. The predicted octanol–water partition coefficient (Wildman–Crippen LogP) is 5.86. The minimum atomic E-state index is -3.47. The average Bonchev–Trinajstić information content (AvgIpc) is 3.42. The van der Waals surface area contributed by atoms with Crippen LogP contribution in [0.15, 0.2) is 54.6 Å². The number of ether oxygens (including phenoxy) is 2. The van der Waals surface area contributed by atoms with Gasteiger partial charge in [0.05, 0.1) is 47.3 Å². The number of rotatable bonds is 9. The number of nitrogens with zero attached hydrogens (tertiary/aromatic N) is 4. The zero-order chi connectivity index (χ0) is 31.7. The summed E-state index contributed by atoms with van der Waals surface area (Å²) in [5.41, 5.74) is 3.93. The van der Waals surface area contributed by atoms with Gasteiger partial charge >= 0.3 is 5.97 Å². The molecule has 1 aliphatic carbocycles. The summed E-state index contributed by atoms with van der Waals surface area (Å²) in [6, 6.07) is 15.1. The van der Waals surface area contributed by atoms with Crippen molar-refractivity contribution in [1.29, 1.82) is 0 Å². The van der Waals surface area contributed by atoms with Crippen LogP contribution in [-0.4, -0.2) is 68.7 Å². The van der Waals surface area contributed by atoms with Gasteiger partial charge in [0.25, 0.3) is 0 Å². The van der Waals surface area contributed by atoms with Gasteiger partial charge in [0.2, 0.25) is 10.0 Å². The minimum absolute atomic E-state index is 0.0927. The SMILES string of the molecule is CN(c1ccc(N2CCOCC2)c(COc2ccc(-c3nc4cc(C(=O)O)ccc4n3C3CCCCC3)c(F)c2)c1)S(C)(=O)=O. The number of aromatic nitrogens is 2. The van der Waals surface area contributed by atoms with Crippen molar-refractivity contribution < 1.29 is 32.2 Å². The fourth-order valence-corrected chi connectivity index (χ4v) is 6.74. The third-order valence-electron chi connectivity index (χ3n) is 8.73. The van der Waals surface area contributed by atoms with E-state index in [2.05, 4.69) is 9.47 Å². The Hall–Kier alpha value is -4.16. The van der Waals surface area contributed by atoms with Crippen LogP contribution >= 0.6 is 0 Å². The van der Waals surface area contributed by atoms with Crippen molar-refractivity contribution in [2.75, 3.05) is 48.8 Å². The maximum absolute atomic E-state index is 15.9. The summed E-state index contributed by atoms with van der Waals surface area (Å²) < 4.78 is 55.2. The maximum atomic E-state index is 15.9. The molecule has 12 heteroatoms. The number of halogens is 1. The lowest BCUT2D eigenvalue weighted by Gasteiger charge is -2.31. The summed E-state index contributed by atoms with van der Waals surface area (Å²) in [4.78, 5) is 18.5. The largest absolute Gasteiger partial charge is 0.489 e. The van der Waals surface area contributed by atoms with Crippen molar-refractivity contribution in [1.82, 2.24) is 9.55 Å². The van der Waals surface area contributed by atoms with Gasteiger partial charge in [-0.2, -0.15) is 0 Å². The number of carboxylic acids is 1. The van der Waals surface area contributed by atoms with Crippen LogP contribution in [0.3, 0.4) is 0 Å². The molecule has 2 fully saturated rings. The molecule has 0 bridgehead atoms. The number of imidazole rings is 1. The first-order chi connectivity index (χ1) is 21.6. The first kappa shape index (κ1) is 30.8. The molecule has 0 spiro atoms. The van der Waals surface area contributed by atoms with Crippen LogP contribution in [0.4, 0.5) is 15.8 Å². The Balaban J connectivity index is 1.32. The Kier molecular flexibility index (Phi) is 8.69. The molecule has 1 saturated carbocycles. The van der Waals surface area contributed by atoms with Gasteiger partial charge in [-0.25, -0.2) is 22.6 Å². The molecular formula is C33H37FN4O6S. The fraction of sp³-hybridized carbons (Fsp3) is 0.394. The lowest BCUT2D eigenvalue weighted by molar-refractivity contribution is 0.0697. The number of carboxylic acid groups (broad SMARTS) is 1. The molecule has 0 atom stereocenters. The topological polar surface area (TPSA) is 114 Å². The zero-order valence-electron chi connectivity index (χ0n) is 25.4. The number of anilines is 2. The molecule has 0 radical (unpaired) electrons. The number of fused-ring (bicyclic) bond motifs is 1. The van der Waals surface area contributed by atoms with Crippen LogP contribution < -0.4 is 13.9 Å². The number of hydrogen-bond acceptors (Lipinski definition) is 7. The van der Waals surface area contributed by atoms with Crippen molar-refractivity contribution in [2.45, 2.75) is 44.8 Å². The van der Waals surface area contributed by atoms with Gasteiger partial charge < -0.3 is 24.0 Å². The van der Waals surface area contributed by atoms with E-state index in [1.165, 1.54) is 23.5 Å². The van der Waals surface area contributed by atoms with Crippen molar-refractivity contribution in [2.24, 2.45) is 0 Å². The van der Waals surface area contributed by atoms with Crippen LogP contribution in [-0.2, 0) is 21.4 Å². The lowest BCUT2D eigenvalue weighted by Crippen LogP contribution is -2.37. The molecule has 0 amide bonds. The lowest BCUT2D eigenvalue weighted by atomic mass is 9.94. The number of sulfonamides is 1. The normalized spacial score (nSPS) is 16.2. The summed E-state index contributed by atoms with van der Waals surface area (Å²) in [5, 5.41) is 9.52. The highest BCUT2D eigenvalue weighted by Crippen LogP contribution is 2.38. The van der Waals surface area contributed by atoms with Gasteiger partial charge in [0, 0.05) is 43.5 Å². The average molecular weight is 637 g/mol. The Morgan fingerprint density at radius 3 is 2.51 bits per heavy atom. The summed E-state index contributed by atoms with van der Waals surface area (Å²) >= 11 is 0. The van der Waals surface area contributed by atoms with Crippen molar-refractivity contribution in [3.63, 3.8) is 0 Å². The van der Waals surface area contributed by atoms with Gasteiger partial charge in [-0.3, -0.25) is 4.31 Å². The fourth-order valence-electron chi connectivity index (χ4n) is 6.25. The van der Waals surface area contributed by atoms with E-state index in [4.69, 9.17) is 14.5 Å². The summed E-state index contributed by atoms with van der Waals surface area (Å²) in [5.74, 6) is -0.755. The van der Waals surface area contributed by atoms with Gasteiger partial charge in [0.15, 0.2) is 0 Å². The highest BCUT2D eigenvalue weighted by Gasteiger charge is 2.25. The number of benzene rings is 3. The van der Waals surface area contributed by atoms with E-state index in [0.29, 0.717) is 54.6 Å². The molecule has 2 aliphatic rings. The van der Waals surface area contributed by atoms with E-state index in [-0.39, 0.29) is 18.2 Å². The van der Waals surface area contributed by atoms with E-state index in [1.807, 2.05) is 6.07 Å². The van der Waals surface area contributed by atoms with Crippen molar-refractivity contribution in [3.05, 3.63) is 71.5 Å². The standard InChI is InChI=1S/C33H37FN4O6S/c1-36(45(2,41)42)25-9-13-30(37-14-16-43-17-15-37)23(18-25)21-44-26-10-11-27(28(34)20-26)32-35-29-19-22(33(39)40)8-12-31(29)38(32)24-6-4-3-5-7-24/h8-13,18-20,24H,3-7,14-17,21H2,1-2H3,(H,39,40). The monoisotopic (exact) mass is 636 g/mol. The second-order valence-electron chi connectivity index (χ2n) is 11.7. The molecule has 1 N–H and O–H groups in total. The first-order valence-electron chi connectivity index (χ1n) is 15.2. The summed E-state index contributed by atoms with van der Waals surface area (Å²) in [6.45, 7) is 2.64.